The molecule has 0 radical (unpaired) electrons. The minimum absolute atomic E-state index is 0.145. The molecule has 8 heteroatoms. The molecular weight excluding hydrogens is 290 g/mol. The van der Waals surface area contributed by atoms with E-state index in [1.54, 1.807) is 24.7 Å². The third-order valence-electron chi connectivity index (χ3n) is 3.99. The largest absolute Gasteiger partial charge is 0.337 e. The summed E-state index contributed by atoms with van der Waals surface area (Å²) in [7, 11) is -1.67. The van der Waals surface area contributed by atoms with E-state index >= 15 is 0 Å². The molecule has 0 saturated carbocycles. The molecule has 1 aromatic rings. The Hall–Kier alpha value is -0.960. The van der Waals surface area contributed by atoms with E-state index in [0.29, 0.717) is 31.4 Å². The van der Waals surface area contributed by atoms with Gasteiger partial charge in [-0.3, -0.25) is 0 Å². The average Bonchev–Trinajstić information content (AvgIpc) is 2.80. The van der Waals surface area contributed by atoms with Gasteiger partial charge in [-0.15, -0.1) is 0 Å². The Morgan fingerprint density at radius 2 is 1.95 bits per heavy atom. The van der Waals surface area contributed by atoms with Crippen LogP contribution in [0.2, 0.25) is 0 Å². The summed E-state index contributed by atoms with van der Waals surface area (Å²) >= 11 is 0. The van der Waals surface area contributed by atoms with Crippen LogP contribution >= 0.6 is 0 Å². The van der Waals surface area contributed by atoms with Crippen LogP contribution in [0.15, 0.2) is 11.2 Å². The average molecular weight is 315 g/mol. The van der Waals surface area contributed by atoms with Crippen molar-refractivity contribution >= 4 is 10.0 Å². The number of aromatic nitrogens is 2. The lowest BCUT2D eigenvalue weighted by atomic mass is 10.1. The van der Waals surface area contributed by atoms with Crippen LogP contribution in [0.5, 0.6) is 0 Å². The molecule has 2 N–H and O–H groups in total. The van der Waals surface area contributed by atoms with Gasteiger partial charge < -0.3 is 15.2 Å². The number of nitrogens with two attached hydrogens (primary N) is 1. The second-order valence-corrected chi connectivity index (χ2v) is 7.67. The van der Waals surface area contributed by atoms with Crippen molar-refractivity contribution in [3.8, 4) is 0 Å². The predicted molar refractivity (Wildman–Crippen MR) is 81.4 cm³/mol. The SMILES string of the molecule is Cc1nc(S(=O)(=O)N2CCN(CC(C)CN)CC2)cn1C. The second-order valence-electron chi connectivity index (χ2n) is 5.78. The number of hydrogen-bond donors (Lipinski definition) is 1. The van der Waals surface area contributed by atoms with Gasteiger partial charge in [0.05, 0.1) is 0 Å². The van der Waals surface area contributed by atoms with Gasteiger partial charge in [0.25, 0.3) is 10.0 Å². The fraction of sp³-hybridized carbons (Fsp3) is 0.769. The van der Waals surface area contributed by atoms with Gasteiger partial charge in [0.2, 0.25) is 0 Å². The van der Waals surface area contributed by atoms with Gasteiger partial charge in [-0.1, -0.05) is 6.92 Å². The molecule has 7 nitrogen and oxygen atoms in total. The molecule has 0 aromatic carbocycles. The lowest BCUT2D eigenvalue weighted by Gasteiger charge is -2.34. The number of hydrogen-bond acceptors (Lipinski definition) is 5. The van der Waals surface area contributed by atoms with Crippen molar-refractivity contribution in [2.24, 2.45) is 18.7 Å². The Balaban J connectivity index is 2.01. The zero-order valence-electron chi connectivity index (χ0n) is 13.0. The van der Waals surface area contributed by atoms with Crippen molar-refractivity contribution in [1.82, 2.24) is 18.8 Å². The molecule has 2 heterocycles. The topological polar surface area (TPSA) is 84.5 Å². The Labute approximate surface area is 126 Å². The maximum absolute atomic E-state index is 12.5. The molecular formula is C13H25N5O2S. The molecule has 1 atom stereocenters. The summed E-state index contributed by atoms with van der Waals surface area (Å²) in [4.78, 5) is 6.41. The number of piperazine rings is 1. The fourth-order valence-corrected chi connectivity index (χ4v) is 3.90. The van der Waals surface area contributed by atoms with Gasteiger partial charge in [0, 0.05) is 46.0 Å². The van der Waals surface area contributed by atoms with E-state index in [4.69, 9.17) is 5.73 Å². The van der Waals surface area contributed by atoms with Crippen LogP contribution in [-0.4, -0.2) is 66.4 Å². The van der Waals surface area contributed by atoms with Crippen LogP contribution in [0, 0.1) is 12.8 Å². The highest BCUT2D eigenvalue weighted by Crippen LogP contribution is 2.17. The fourth-order valence-electron chi connectivity index (χ4n) is 2.45. The molecule has 21 heavy (non-hydrogen) atoms. The lowest BCUT2D eigenvalue weighted by molar-refractivity contribution is 0.169. The number of rotatable bonds is 5. The molecule has 0 amide bonds. The van der Waals surface area contributed by atoms with E-state index in [1.165, 1.54) is 4.31 Å². The quantitative estimate of drug-likeness (QED) is 0.801. The normalized spacial score (nSPS) is 19.8. The van der Waals surface area contributed by atoms with Gasteiger partial charge in [-0.05, 0) is 19.4 Å². The molecule has 1 aromatic heterocycles. The zero-order valence-corrected chi connectivity index (χ0v) is 13.8. The van der Waals surface area contributed by atoms with E-state index in [-0.39, 0.29) is 5.03 Å². The molecule has 2 rings (SSSR count). The first-order valence-corrected chi connectivity index (χ1v) is 8.71. The first-order valence-electron chi connectivity index (χ1n) is 7.27. The summed E-state index contributed by atoms with van der Waals surface area (Å²) in [6, 6.07) is 0. The molecule has 1 saturated heterocycles. The van der Waals surface area contributed by atoms with Gasteiger partial charge in [-0.25, -0.2) is 13.4 Å². The zero-order chi connectivity index (χ0) is 15.6. The molecule has 0 aliphatic carbocycles. The highest BCUT2D eigenvalue weighted by atomic mass is 32.2. The summed E-state index contributed by atoms with van der Waals surface area (Å²) in [6.07, 6.45) is 1.58. The summed E-state index contributed by atoms with van der Waals surface area (Å²) in [5.41, 5.74) is 5.63. The number of sulfonamides is 1. The number of imidazole rings is 1. The van der Waals surface area contributed by atoms with Crippen molar-refractivity contribution in [3.63, 3.8) is 0 Å². The van der Waals surface area contributed by atoms with Crippen LogP contribution in [0.4, 0.5) is 0 Å². The summed E-state index contributed by atoms with van der Waals surface area (Å²) in [6.45, 7) is 8.00. The summed E-state index contributed by atoms with van der Waals surface area (Å²) in [5, 5.41) is 0.145. The van der Waals surface area contributed by atoms with Gasteiger partial charge >= 0.3 is 0 Å². The monoisotopic (exact) mass is 315 g/mol. The summed E-state index contributed by atoms with van der Waals surface area (Å²) in [5.74, 6) is 1.13. The van der Waals surface area contributed by atoms with Crippen molar-refractivity contribution < 1.29 is 8.42 Å². The Morgan fingerprint density at radius 3 is 2.43 bits per heavy atom. The number of nitrogens with zero attached hydrogens (tertiary/aromatic N) is 4. The van der Waals surface area contributed by atoms with Crippen molar-refractivity contribution in [2.45, 2.75) is 18.9 Å². The van der Waals surface area contributed by atoms with Crippen molar-refractivity contribution in [1.29, 1.82) is 0 Å². The highest BCUT2D eigenvalue weighted by Gasteiger charge is 2.30. The van der Waals surface area contributed by atoms with Gasteiger partial charge in [0.1, 0.15) is 5.82 Å². The maximum atomic E-state index is 12.5. The van der Waals surface area contributed by atoms with E-state index in [9.17, 15) is 8.42 Å². The molecule has 0 spiro atoms. The van der Waals surface area contributed by atoms with E-state index < -0.39 is 10.0 Å². The first kappa shape index (κ1) is 16.4. The Kier molecular flexibility index (Phi) is 5.03. The van der Waals surface area contributed by atoms with Crippen LogP contribution in [0.25, 0.3) is 0 Å². The molecule has 1 aliphatic rings. The van der Waals surface area contributed by atoms with Crippen LogP contribution < -0.4 is 5.73 Å². The maximum Gasteiger partial charge on any atom is 0.262 e. The van der Waals surface area contributed by atoms with E-state index in [2.05, 4.69) is 16.8 Å². The third-order valence-corrected chi connectivity index (χ3v) is 5.76. The smallest absolute Gasteiger partial charge is 0.262 e. The first-order chi connectivity index (χ1) is 9.84. The lowest BCUT2D eigenvalue weighted by Crippen LogP contribution is -2.50. The van der Waals surface area contributed by atoms with E-state index in [1.807, 2.05) is 0 Å². The van der Waals surface area contributed by atoms with Crippen molar-refractivity contribution in [3.05, 3.63) is 12.0 Å². The Morgan fingerprint density at radius 1 is 1.33 bits per heavy atom. The number of aryl methyl sites for hydroxylation is 2. The standard InChI is InChI=1S/C13H25N5O2S/c1-11(8-14)9-17-4-6-18(7-5-17)21(19,20)13-10-16(3)12(2)15-13/h10-11H,4-9,14H2,1-3H3. The molecule has 1 aliphatic heterocycles. The Bertz CT molecular complexity index is 556. The third kappa shape index (κ3) is 3.63. The minimum atomic E-state index is -3.47. The van der Waals surface area contributed by atoms with Gasteiger partial charge in [0.15, 0.2) is 5.03 Å². The molecule has 0 bridgehead atoms. The second kappa shape index (κ2) is 6.43. The van der Waals surface area contributed by atoms with Crippen LogP contribution in [0.1, 0.15) is 12.7 Å². The molecule has 1 fully saturated rings. The van der Waals surface area contributed by atoms with Crippen LogP contribution in [0.3, 0.4) is 0 Å². The van der Waals surface area contributed by atoms with Crippen LogP contribution in [-0.2, 0) is 17.1 Å². The highest BCUT2D eigenvalue weighted by molar-refractivity contribution is 7.89. The van der Waals surface area contributed by atoms with Crippen molar-refractivity contribution in [2.75, 3.05) is 39.3 Å². The molecule has 120 valence electrons. The van der Waals surface area contributed by atoms with Gasteiger partial charge in [-0.2, -0.15) is 4.31 Å². The minimum Gasteiger partial charge on any atom is -0.337 e. The van der Waals surface area contributed by atoms with E-state index in [0.717, 1.165) is 19.6 Å². The molecule has 1 unspecified atom stereocenters. The summed E-state index contributed by atoms with van der Waals surface area (Å²) < 4.78 is 28.4. The predicted octanol–water partition coefficient (Wildman–Crippen LogP) is -0.370.